The Balaban J connectivity index is 2.21. The van der Waals surface area contributed by atoms with E-state index in [0.29, 0.717) is 11.3 Å². The molecule has 0 aliphatic heterocycles. The fourth-order valence-electron chi connectivity index (χ4n) is 2.18. The molecule has 0 aliphatic rings. The van der Waals surface area contributed by atoms with Crippen molar-refractivity contribution < 1.29 is 14.5 Å². The molecule has 0 fully saturated rings. The van der Waals surface area contributed by atoms with Crippen molar-refractivity contribution in [3.63, 3.8) is 0 Å². The van der Waals surface area contributed by atoms with Crippen molar-refractivity contribution >= 4 is 23.4 Å². The van der Waals surface area contributed by atoms with Crippen LogP contribution in [0.2, 0.25) is 0 Å². The van der Waals surface area contributed by atoms with Crippen LogP contribution in [0.4, 0.5) is 11.4 Å². The van der Waals surface area contributed by atoms with E-state index in [1.54, 1.807) is 23.1 Å². The molecule has 9 heteroatoms. The van der Waals surface area contributed by atoms with Crippen molar-refractivity contribution in [3.8, 4) is 0 Å². The molecule has 132 valence electrons. The molecular weight excluding hydrogens is 326 g/mol. The van der Waals surface area contributed by atoms with Gasteiger partial charge in [0.1, 0.15) is 18.3 Å². The van der Waals surface area contributed by atoms with Crippen LogP contribution in [0.1, 0.15) is 25.5 Å². The number of esters is 1. The maximum atomic E-state index is 11.4. The lowest BCUT2D eigenvalue weighted by molar-refractivity contribution is -0.384. The molecule has 0 amide bonds. The van der Waals surface area contributed by atoms with Crippen LogP contribution in [-0.4, -0.2) is 38.8 Å². The molecule has 25 heavy (non-hydrogen) atoms. The number of methoxy groups -OCH3 is 1. The molecule has 0 bridgehead atoms. The number of aromatic nitrogens is 3. The zero-order valence-corrected chi connectivity index (χ0v) is 14.1. The first kappa shape index (κ1) is 18.1. The van der Waals surface area contributed by atoms with Crippen LogP contribution in [0, 0.1) is 10.1 Å². The molecule has 0 saturated heterocycles. The van der Waals surface area contributed by atoms with Crippen LogP contribution < -0.4 is 5.32 Å². The van der Waals surface area contributed by atoms with E-state index in [9.17, 15) is 14.9 Å². The van der Waals surface area contributed by atoms with Crippen LogP contribution in [0.3, 0.4) is 0 Å². The summed E-state index contributed by atoms with van der Waals surface area (Å²) >= 11 is 0. The van der Waals surface area contributed by atoms with E-state index in [1.807, 2.05) is 13.8 Å². The fourth-order valence-corrected chi connectivity index (χ4v) is 2.18. The lowest BCUT2D eigenvalue weighted by Gasteiger charge is -2.22. The van der Waals surface area contributed by atoms with Crippen LogP contribution in [0.15, 0.2) is 36.9 Å². The van der Waals surface area contributed by atoms with Gasteiger partial charge in [-0.05, 0) is 31.6 Å². The maximum absolute atomic E-state index is 11.4. The van der Waals surface area contributed by atoms with Crippen molar-refractivity contribution in [2.24, 2.45) is 0 Å². The van der Waals surface area contributed by atoms with Gasteiger partial charge >= 0.3 is 5.97 Å². The number of hydrogen-bond donors (Lipinski definition) is 1. The van der Waals surface area contributed by atoms with E-state index in [0.717, 1.165) is 0 Å². The number of anilines is 1. The summed E-state index contributed by atoms with van der Waals surface area (Å²) in [5.41, 5.74) is 0.837. The Bertz CT molecular complexity index is 773. The molecule has 0 radical (unpaired) electrons. The van der Waals surface area contributed by atoms with Crippen molar-refractivity contribution in [2.75, 3.05) is 12.4 Å². The highest BCUT2D eigenvalue weighted by atomic mass is 16.6. The summed E-state index contributed by atoms with van der Waals surface area (Å²) < 4.78 is 6.18. The number of carbonyl (C=O) groups is 1. The van der Waals surface area contributed by atoms with E-state index >= 15 is 0 Å². The quantitative estimate of drug-likeness (QED) is 0.355. The van der Waals surface area contributed by atoms with Gasteiger partial charge in [0.05, 0.1) is 18.1 Å². The summed E-state index contributed by atoms with van der Waals surface area (Å²) in [5.74, 6) is -0.528. The lowest BCUT2D eigenvalue weighted by Crippen LogP contribution is -2.27. The molecular formula is C16H19N5O4. The smallest absolute Gasteiger partial charge is 0.330 e. The summed E-state index contributed by atoms with van der Waals surface area (Å²) in [6, 6.07) is 4.51. The van der Waals surface area contributed by atoms with Crippen molar-refractivity contribution in [3.05, 3.63) is 52.6 Å². The zero-order valence-electron chi connectivity index (χ0n) is 14.1. The third kappa shape index (κ3) is 4.63. The third-order valence-corrected chi connectivity index (χ3v) is 3.79. The summed E-state index contributed by atoms with van der Waals surface area (Å²) in [7, 11) is 1.26. The second-order valence-corrected chi connectivity index (χ2v) is 5.44. The number of rotatable bonds is 7. The predicted molar refractivity (Wildman–Crippen MR) is 92.0 cm³/mol. The average Bonchev–Trinajstić information content (AvgIpc) is 3.14. The monoisotopic (exact) mass is 345 g/mol. The Morgan fingerprint density at radius 3 is 2.80 bits per heavy atom. The number of hydrogen-bond acceptors (Lipinski definition) is 7. The minimum atomic E-state index is -0.528. The molecule has 1 heterocycles. The Morgan fingerprint density at radius 2 is 2.20 bits per heavy atom. The van der Waals surface area contributed by atoms with Crippen LogP contribution in [0.5, 0.6) is 0 Å². The standard InChI is InChI=1S/C16H19N5O4/c1-11(12(2)20-10-17-9-18-20)19-14-6-4-13(5-7-16(22)25-3)8-15(14)21(23)24/h4-12,19H,1-3H3. The van der Waals surface area contributed by atoms with Gasteiger partial charge in [-0.2, -0.15) is 5.10 Å². The van der Waals surface area contributed by atoms with E-state index in [-0.39, 0.29) is 17.8 Å². The van der Waals surface area contributed by atoms with Crippen LogP contribution >= 0.6 is 0 Å². The normalized spacial score (nSPS) is 13.4. The van der Waals surface area contributed by atoms with Gasteiger partial charge in [0.25, 0.3) is 5.69 Å². The molecule has 1 N–H and O–H groups in total. The van der Waals surface area contributed by atoms with Crippen molar-refractivity contribution in [1.82, 2.24) is 14.8 Å². The minimum absolute atomic E-state index is 0.0546. The number of nitrogens with one attached hydrogen (secondary N) is 1. The summed E-state index contributed by atoms with van der Waals surface area (Å²) in [4.78, 5) is 25.9. The van der Waals surface area contributed by atoms with Gasteiger partial charge in [0.15, 0.2) is 0 Å². The minimum Gasteiger partial charge on any atom is -0.466 e. The number of nitro groups is 1. The van der Waals surface area contributed by atoms with Crippen LogP contribution in [0.25, 0.3) is 6.08 Å². The first-order valence-electron chi connectivity index (χ1n) is 7.57. The molecule has 2 unspecified atom stereocenters. The first-order chi connectivity index (χ1) is 11.9. The molecule has 2 aromatic rings. The maximum Gasteiger partial charge on any atom is 0.330 e. The highest BCUT2D eigenvalue weighted by Crippen LogP contribution is 2.28. The SMILES string of the molecule is COC(=O)C=Cc1ccc(NC(C)C(C)n2cncn2)c([N+](=O)[O-])c1. The van der Waals surface area contributed by atoms with Gasteiger partial charge < -0.3 is 10.1 Å². The Morgan fingerprint density at radius 1 is 1.44 bits per heavy atom. The number of nitrogens with zero attached hydrogens (tertiary/aromatic N) is 4. The van der Waals surface area contributed by atoms with Gasteiger partial charge in [-0.25, -0.2) is 14.5 Å². The Hall–Kier alpha value is -3.23. The number of nitro benzene ring substituents is 1. The lowest BCUT2D eigenvalue weighted by atomic mass is 10.1. The predicted octanol–water partition coefficient (Wildman–Crippen LogP) is 2.43. The van der Waals surface area contributed by atoms with Gasteiger partial charge in [0.2, 0.25) is 0 Å². The van der Waals surface area contributed by atoms with Crippen molar-refractivity contribution in [1.29, 1.82) is 0 Å². The van der Waals surface area contributed by atoms with Gasteiger partial charge in [0, 0.05) is 18.2 Å². The van der Waals surface area contributed by atoms with Gasteiger partial charge in [-0.15, -0.1) is 0 Å². The van der Waals surface area contributed by atoms with E-state index < -0.39 is 10.9 Å². The van der Waals surface area contributed by atoms with Crippen LogP contribution in [-0.2, 0) is 9.53 Å². The highest BCUT2D eigenvalue weighted by molar-refractivity contribution is 5.87. The summed E-state index contributed by atoms with van der Waals surface area (Å²) in [5, 5.41) is 18.6. The fraction of sp³-hybridized carbons (Fsp3) is 0.312. The summed E-state index contributed by atoms with van der Waals surface area (Å²) in [6.07, 6.45) is 5.71. The van der Waals surface area contributed by atoms with Gasteiger partial charge in [-0.3, -0.25) is 10.1 Å². The first-order valence-corrected chi connectivity index (χ1v) is 7.57. The summed E-state index contributed by atoms with van der Waals surface area (Å²) in [6.45, 7) is 3.84. The number of carbonyl (C=O) groups excluding carboxylic acids is 1. The molecule has 2 atom stereocenters. The van der Waals surface area contributed by atoms with E-state index in [4.69, 9.17) is 0 Å². The second-order valence-electron chi connectivity index (χ2n) is 5.44. The average molecular weight is 345 g/mol. The molecule has 0 saturated carbocycles. The number of ether oxygens (including phenoxy) is 1. The van der Waals surface area contributed by atoms with Gasteiger partial charge in [-0.1, -0.05) is 6.07 Å². The molecule has 0 spiro atoms. The molecule has 0 aliphatic carbocycles. The molecule has 9 nitrogen and oxygen atoms in total. The third-order valence-electron chi connectivity index (χ3n) is 3.79. The van der Waals surface area contributed by atoms with E-state index in [1.165, 1.54) is 31.7 Å². The largest absolute Gasteiger partial charge is 0.466 e. The topological polar surface area (TPSA) is 112 Å². The molecule has 2 rings (SSSR count). The highest BCUT2D eigenvalue weighted by Gasteiger charge is 2.20. The second kappa shape index (κ2) is 8.04. The number of benzene rings is 1. The Labute approximate surface area is 144 Å². The molecule has 1 aromatic carbocycles. The van der Waals surface area contributed by atoms with E-state index in [2.05, 4.69) is 20.1 Å². The van der Waals surface area contributed by atoms with Crippen molar-refractivity contribution in [2.45, 2.75) is 25.9 Å². The molecule has 1 aromatic heterocycles. The Kier molecular flexibility index (Phi) is 5.83. The zero-order chi connectivity index (χ0) is 18.4.